The number of aromatic nitrogens is 2. The van der Waals surface area contributed by atoms with Gasteiger partial charge in [0, 0.05) is 19.0 Å². The molecule has 0 bridgehead atoms. The molecule has 0 saturated heterocycles. The lowest BCUT2D eigenvalue weighted by Crippen LogP contribution is -2.15. The molecule has 0 radical (unpaired) electrons. The number of thiophene rings is 1. The van der Waals surface area contributed by atoms with Gasteiger partial charge in [-0.25, -0.2) is 10.8 Å². The highest BCUT2D eigenvalue weighted by Gasteiger charge is 2.11. The van der Waals surface area contributed by atoms with Crippen LogP contribution in [0.5, 0.6) is 0 Å². The van der Waals surface area contributed by atoms with Crippen LogP contribution in [0.2, 0.25) is 0 Å². The number of nitrogen functional groups attached to an aromatic ring is 1. The highest BCUT2D eigenvalue weighted by molar-refractivity contribution is 7.18. The van der Waals surface area contributed by atoms with Gasteiger partial charge in [0.05, 0.1) is 5.39 Å². The fraction of sp³-hybridized carbons (Fsp3) is 0.400. The Morgan fingerprint density at radius 2 is 2.19 bits per heavy atom. The van der Waals surface area contributed by atoms with E-state index < -0.39 is 0 Å². The quantitative estimate of drug-likeness (QED) is 0.627. The lowest BCUT2D eigenvalue weighted by Gasteiger charge is -2.12. The summed E-state index contributed by atoms with van der Waals surface area (Å²) in [5.41, 5.74) is 2.50. The smallest absolute Gasteiger partial charge is 0.240 e. The molecular weight excluding hydrogens is 222 g/mol. The first-order valence-corrected chi connectivity index (χ1v) is 5.91. The minimum Gasteiger partial charge on any atom is -0.362 e. The third kappa shape index (κ3) is 1.81. The Balaban J connectivity index is 2.69. The Labute approximate surface area is 98.3 Å². The van der Waals surface area contributed by atoms with Crippen molar-refractivity contribution in [2.45, 2.75) is 13.3 Å². The highest BCUT2D eigenvalue weighted by atomic mass is 32.1. The Morgan fingerprint density at radius 1 is 1.44 bits per heavy atom. The molecule has 0 spiro atoms. The van der Waals surface area contributed by atoms with Crippen LogP contribution in [0, 0.1) is 0 Å². The number of hydrogen-bond acceptors (Lipinski definition) is 6. The minimum absolute atomic E-state index is 0.459. The van der Waals surface area contributed by atoms with Crippen LogP contribution >= 0.6 is 11.3 Å². The van der Waals surface area contributed by atoms with Crippen molar-refractivity contribution in [1.29, 1.82) is 0 Å². The summed E-state index contributed by atoms with van der Waals surface area (Å²) < 4.78 is 0. The summed E-state index contributed by atoms with van der Waals surface area (Å²) in [6, 6.07) is 2.15. The first-order chi connectivity index (χ1) is 7.65. The summed E-state index contributed by atoms with van der Waals surface area (Å²) in [5.74, 6) is 6.72. The standard InChI is InChI=1S/C10H15N5S/c1-4-6-5-7-8(15(2)3)12-10(14-11)13-9(7)16-6/h5H,4,11H2,1-3H3,(H,12,13,14). The van der Waals surface area contributed by atoms with Crippen LogP contribution in [0.1, 0.15) is 11.8 Å². The predicted octanol–water partition coefficient (Wildman–Crippen LogP) is 1.61. The predicted molar refractivity (Wildman–Crippen MR) is 68.9 cm³/mol. The molecule has 0 saturated carbocycles. The zero-order valence-corrected chi connectivity index (χ0v) is 10.4. The molecule has 2 aromatic rings. The maximum atomic E-state index is 5.36. The number of hydrazine groups is 1. The van der Waals surface area contributed by atoms with E-state index in [1.807, 2.05) is 19.0 Å². The maximum absolute atomic E-state index is 5.36. The third-order valence-corrected chi connectivity index (χ3v) is 3.50. The second-order valence-corrected chi connectivity index (χ2v) is 4.81. The number of nitrogens with one attached hydrogen (secondary N) is 1. The zero-order valence-electron chi connectivity index (χ0n) is 9.61. The number of aryl methyl sites for hydroxylation is 1. The third-order valence-electron chi connectivity index (χ3n) is 2.32. The molecule has 2 aromatic heterocycles. The molecule has 0 aliphatic rings. The highest BCUT2D eigenvalue weighted by Crippen LogP contribution is 2.31. The van der Waals surface area contributed by atoms with Crippen molar-refractivity contribution < 1.29 is 0 Å². The van der Waals surface area contributed by atoms with Crippen molar-refractivity contribution in [3.63, 3.8) is 0 Å². The molecule has 5 nitrogen and oxygen atoms in total. The fourth-order valence-electron chi connectivity index (χ4n) is 1.54. The monoisotopic (exact) mass is 237 g/mol. The number of anilines is 2. The second-order valence-electron chi connectivity index (χ2n) is 3.69. The van der Waals surface area contributed by atoms with E-state index in [4.69, 9.17) is 5.84 Å². The van der Waals surface area contributed by atoms with E-state index in [2.05, 4.69) is 28.4 Å². The molecule has 86 valence electrons. The molecule has 0 aliphatic carbocycles. The van der Waals surface area contributed by atoms with Crippen LogP contribution in [0.4, 0.5) is 11.8 Å². The van der Waals surface area contributed by atoms with Gasteiger partial charge >= 0.3 is 0 Å². The largest absolute Gasteiger partial charge is 0.362 e. The molecule has 0 unspecified atom stereocenters. The van der Waals surface area contributed by atoms with Gasteiger partial charge in [-0.05, 0) is 12.5 Å². The maximum Gasteiger partial charge on any atom is 0.240 e. The molecule has 0 fully saturated rings. The summed E-state index contributed by atoms with van der Waals surface area (Å²) in [4.78, 5) is 13.0. The molecule has 2 rings (SSSR count). The van der Waals surface area contributed by atoms with E-state index >= 15 is 0 Å². The van der Waals surface area contributed by atoms with E-state index in [1.54, 1.807) is 11.3 Å². The van der Waals surface area contributed by atoms with E-state index in [9.17, 15) is 0 Å². The molecule has 0 amide bonds. The van der Waals surface area contributed by atoms with Gasteiger partial charge in [0.15, 0.2) is 0 Å². The summed E-state index contributed by atoms with van der Waals surface area (Å²) in [6.07, 6.45) is 1.01. The summed E-state index contributed by atoms with van der Waals surface area (Å²) in [6.45, 7) is 2.13. The van der Waals surface area contributed by atoms with Gasteiger partial charge in [-0.1, -0.05) is 6.92 Å². The molecule has 6 heteroatoms. The summed E-state index contributed by atoms with van der Waals surface area (Å²) in [7, 11) is 3.93. The van der Waals surface area contributed by atoms with Gasteiger partial charge < -0.3 is 4.90 Å². The van der Waals surface area contributed by atoms with Crippen LogP contribution in [0.15, 0.2) is 6.07 Å². The molecule has 3 N–H and O–H groups in total. The van der Waals surface area contributed by atoms with Gasteiger partial charge in [-0.15, -0.1) is 11.3 Å². The first-order valence-electron chi connectivity index (χ1n) is 5.10. The van der Waals surface area contributed by atoms with Crippen molar-refractivity contribution in [2.75, 3.05) is 24.4 Å². The van der Waals surface area contributed by atoms with Crippen LogP contribution in [0.3, 0.4) is 0 Å². The average Bonchev–Trinajstić information content (AvgIpc) is 2.69. The SMILES string of the molecule is CCc1cc2c(N(C)C)nc(NN)nc2s1. The van der Waals surface area contributed by atoms with Gasteiger partial charge in [0.1, 0.15) is 10.6 Å². The Morgan fingerprint density at radius 3 is 2.75 bits per heavy atom. The number of nitrogens with zero attached hydrogens (tertiary/aromatic N) is 3. The molecular formula is C10H15N5S. The van der Waals surface area contributed by atoms with Gasteiger partial charge in [-0.2, -0.15) is 4.98 Å². The van der Waals surface area contributed by atoms with Gasteiger partial charge in [0.25, 0.3) is 0 Å². The number of rotatable bonds is 3. The first kappa shape index (κ1) is 11.1. The summed E-state index contributed by atoms with van der Waals surface area (Å²) >= 11 is 1.69. The van der Waals surface area contributed by atoms with Crippen LogP contribution in [0.25, 0.3) is 10.2 Å². The van der Waals surface area contributed by atoms with E-state index in [0.717, 1.165) is 22.5 Å². The normalized spacial score (nSPS) is 10.8. The molecule has 16 heavy (non-hydrogen) atoms. The zero-order chi connectivity index (χ0) is 11.7. The fourth-order valence-corrected chi connectivity index (χ4v) is 2.50. The van der Waals surface area contributed by atoms with Crippen LogP contribution in [-0.2, 0) is 6.42 Å². The molecule has 0 aromatic carbocycles. The number of fused-ring (bicyclic) bond motifs is 1. The van der Waals surface area contributed by atoms with E-state index in [0.29, 0.717) is 5.95 Å². The van der Waals surface area contributed by atoms with Crippen molar-refractivity contribution in [2.24, 2.45) is 5.84 Å². The lowest BCUT2D eigenvalue weighted by molar-refractivity contribution is 1.05. The summed E-state index contributed by atoms with van der Waals surface area (Å²) in [5, 5.41) is 1.09. The van der Waals surface area contributed by atoms with Crippen molar-refractivity contribution in [1.82, 2.24) is 9.97 Å². The van der Waals surface area contributed by atoms with Gasteiger partial charge in [0.2, 0.25) is 5.95 Å². The number of nitrogens with two attached hydrogens (primary N) is 1. The van der Waals surface area contributed by atoms with Crippen molar-refractivity contribution >= 4 is 33.3 Å². The Bertz CT molecular complexity index is 505. The van der Waals surface area contributed by atoms with Crippen molar-refractivity contribution in [3.05, 3.63) is 10.9 Å². The van der Waals surface area contributed by atoms with Crippen LogP contribution < -0.4 is 16.2 Å². The Hall–Kier alpha value is -1.40. The van der Waals surface area contributed by atoms with Crippen molar-refractivity contribution in [3.8, 4) is 0 Å². The molecule has 2 heterocycles. The minimum atomic E-state index is 0.459. The van der Waals surface area contributed by atoms with Crippen LogP contribution in [-0.4, -0.2) is 24.1 Å². The van der Waals surface area contributed by atoms with E-state index in [1.165, 1.54) is 4.88 Å². The average molecular weight is 237 g/mol. The Kier molecular flexibility index (Phi) is 2.93. The number of hydrogen-bond donors (Lipinski definition) is 2. The second kappa shape index (κ2) is 4.23. The topological polar surface area (TPSA) is 67.1 Å². The van der Waals surface area contributed by atoms with Gasteiger partial charge in [-0.3, -0.25) is 5.43 Å². The van der Waals surface area contributed by atoms with E-state index in [-0.39, 0.29) is 0 Å². The lowest BCUT2D eigenvalue weighted by atomic mass is 10.3. The molecule has 0 aliphatic heterocycles. The molecule has 0 atom stereocenters.